The van der Waals surface area contributed by atoms with E-state index in [1.54, 1.807) is 17.7 Å². The minimum Gasteiger partial charge on any atom is -0.320 e. The summed E-state index contributed by atoms with van der Waals surface area (Å²) in [6, 6.07) is 9.00. The highest BCUT2D eigenvalue weighted by Crippen LogP contribution is 2.31. The Morgan fingerprint density at radius 3 is 2.68 bits per heavy atom. The van der Waals surface area contributed by atoms with Crippen LogP contribution in [-0.2, 0) is 13.5 Å². The summed E-state index contributed by atoms with van der Waals surface area (Å²) in [6.07, 6.45) is 4.86. The minimum absolute atomic E-state index is 0.0235. The van der Waals surface area contributed by atoms with Gasteiger partial charge in [0.05, 0.1) is 0 Å². The molecule has 25 heavy (non-hydrogen) atoms. The maximum Gasteiger partial charge on any atom is 0.320 e. The van der Waals surface area contributed by atoms with Gasteiger partial charge in [0.15, 0.2) is 0 Å². The number of pyridine rings is 1. The van der Waals surface area contributed by atoms with E-state index in [9.17, 15) is 9.59 Å². The first-order chi connectivity index (χ1) is 12.1. The molecule has 5 heteroatoms. The van der Waals surface area contributed by atoms with Crippen molar-refractivity contribution in [1.82, 2.24) is 9.88 Å². The number of benzene rings is 1. The predicted molar refractivity (Wildman–Crippen MR) is 96.3 cm³/mol. The molecule has 1 atom stereocenters. The Kier molecular flexibility index (Phi) is 3.81. The van der Waals surface area contributed by atoms with Gasteiger partial charge in [-0.25, -0.2) is 4.79 Å². The van der Waals surface area contributed by atoms with Crippen LogP contribution in [0.4, 0.5) is 10.5 Å². The molecule has 2 aliphatic rings. The number of fused-ring (bicyclic) bond motifs is 1. The zero-order chi connectivity index (χ0) is 17.4. The highest BCUT2D eigenvalue weighted by Gasteiger charge is 2.24. The minimum atomic E-state index is -0.254. The normalized spacial score (nSPS) is 18.4. The Bertz CT molecular complexity index is 961. The molecule has 0 spiro atoms. The predicted octanol–water partition coefficient (Wildman–Crippen LogP) is 2.57. The molecule has 2 heterocycles. The molecule has 1 saturated carbocycles. The van der Waals surface area contributed by atoms with Crippen molar-refractivity contribution < 1.29 is 4.79 Å². The van der Waals surface area contributed by atoms with Crippen molar-refractivity contribution in [2.45, 2.75) is 25.3 Å². The molecule has 1 aliphatic carbocycles. The van der Waals surface area contributed by atoms with E-state index in [1.807, 2.05) is 24.4 Å². The van der Waals surface area contributed by atoms with E-state index in [0.29, 0.717) is 12.3 Å². The maximum absolute atomic E-state index is 11.9. The van der Waals surface area contributed by atoms with Crippen LogP contribution in [0, 0.1) is 17.8 Å². The van der Waals surface area contributed by atoms with Crippen LogP contribution in [0.1, 0.15) is 35.6 Å². The number of nitrogens with zero attached hydrogens (tertiary/aromatic N) is 1. The van der Waals surface area contributed by atoms with E-state index in [-0.39, 0.29) is 17.6 Å². The van der Waals surface area contributed by atoms with Gasteiger partial charge in [0.1, 0.15) is 6.04 Å². The van der Waals surface area contributed by atoms with E-state index in [4.69, 9.17) is 0 Å². The summed E-state index contributed by atoms with van der Waals surface area (Å²) in [5.41, 5.74) is 3.91. The van der Waals surface area contributed by atoms with Gasteiger partial charge in [-0.2, -0.15) is 0 Å². The molecule has 126 valence electrons. The number of aryl methyl sites for hydroxylation is 1. The fraction of sp³-hybridized carbons (Fsp3) is 0.300. The number of nitrogens with one attached hydrogen (secondary N) is 2. The zero-order valence-electron chi connectivity index (χ0n) is 14.0. The van der Waals surface area contributed by atoms with Crippen LogP contribution >= 0.6 is 0 Å². The molecule has 2 N–H and O–H groups in total. The average molecular weight is 333 g/mol. The van der Waals surface area contributed by atoms with Gasteiger partial charge >= 0.3 is 6.03 Å². The molecule has 5 nitrogen and oxygen atoms in total. The van der Waals surface area contributed by atoms with Crippen LogP contribution < -0.4 is 16.2 Å². The molecule has 1 fully saturated rings. The number of carbonyl (C=O) groups excluding carboxylic acids is 1. The molecule has 2 amide bonds. The fourth-order valence-corrected chi connectivity index (χ4v) is 2.97. The quantitative estimate of drug-likeness (QED) is 0.830. The molecule has 0 unspecified atom stereocenters. The maximum atomic E-state index is 11.9. The molecular weight excluding hydrogens is 314 g/mol. The molecular formula is C20H19N3O2. The van der Waals surface area contributed by atoms with Crippen molar-refractivity contribution in [3.8, 4) is 11.8 Å². The first-order valence-corrected chi connectivity index (χ1v) is 8.45. The molecule has 4 rings (SSSR count). The topological polar surface area (TPSA) is 63.1 Å². The Balaban J connectivity index is 1.61. The Labute approximate surface area is 146 Å². The van der Waals surface area contributed by atoms with Crippen LogP contribution in [0.3, 0.4) is 0 Å². The molecule has 1 aromatic carbocycles. The van der Waals surface area contributed by atoms with Crippen molar-refractivity contribution in [2.24, 2.45) is 13.0 Å². The second kappa shape index (κ2) is 6.14. The summed E-state index contributed by atoms with van der Waals surface area (Å²) in [6.45, 7) is 0. The van der Waals surface area contributed by atoms with Crippen LogP contribution in [0.2, 0.25) is 0 Å². The number of hydrogen-bond donors (Lipinski definition) is 2. The molecule has 1 aromatic heterocycles. The number of carbonyl (C=O) groups is 1. The van der Waals surface area contributed by atoms with E-state index in [1.165, 1.54) is 0 Å². The summed E-state index contributed by atoms with van der Waals surface area (Å²) in [7, 11) is 1.74. The van der Waals surface area contributed by atoms with Gasteiger partial charge in [-0.15, -0.1) is 0 Å². The zero-order valence-corrected chi connectivity index (χ0v) is 14.0. The lowest BCUT2D eigenvalue weighted by Crippen LogP contribution is -2.37. The van der Waals surface area contributed by atoms with Gasteiger partial charge in [-0.3, -0.25) is 4.79 Å². The van der Waals surface area contributed by atoms with E-state index in [0.717, 1.165) is 35.2 Å². The highest BCUT2D eigenvalue weighted by molar-refractivity contribution is 5.93. The van der Waals surface area contributed by atoms with Crippen molar-refractivity contribution in [3.63, 3.8) is 0 Å². The van der Waals surface area contributed by atoms with Crippen molar-refractivity contribution >= 4 is 11.7 Å². The van der Waals surface area contributed by atoms with Crippen LogP contribution in [0.5, 0.6) is 0 Å². The monoisotopic (exact) mass is 333 g/mol. The second-order valence-electron chi connectivity index (χ2n) is 6.68. The number of hydrogen-bond acceptors (Lipinski definition) is 2. The third-order valence-corrected chi connectivity index (χ3v) is 4.52. The van der Waals surface area contributed by atoms with Crippen LogP contribution in [0.25, 0.3) is 0 Å². The first-order valence-electron chi connectivity index (χ1n) is 8.45. The molecule has 0 saturated heterocycles. The standard InChI is InChI=1S/C20H19N3O2/c1-23-12-15(6-9-19(23)24)10-14-4-7-16-17(8-5-13-2-3-13)21-20(25)22-18(16)11-14/h4,6-7,9,11-13,17H,2-3,10H2,1H3,(H2,21,22,25)/t17-/m0/s1. The Morgan fingerprint density at radius 1 is 1.12 bits per heavy atom. The summed E-state index contributed by atoms with van der Waals surface area (Å²) in [5, 5.41) is 5.74. The van der Waals surface area contributed by atoms with Gasteiger partial charge in [0.25, 0.3) is 0 Å². The number of rotatable bonds is 2. The highest BCUT2D eigenvalue weighted by atomic mass is 16.2. The lowest BCUT2D eigenvalue weighted by Gasteiger charge is -2.24. The number of amides is 2. The summed E-state index contributed by atoms with van der Waals surface area (Å²) < 4.78 is 1.57. The van der Waals surface area contributed by atoms with Gasteiger partial charge in [0, 0.05) is 36.5 Å². The number of aromatic nitrogens is 1. The van der Waals surface area contributed by atoms with E-state index < -0.39 is 0 Å². The molecule has 0 radical (unpaired) electrons. The van der Waals surface area contributed by atoms with E-state index in [2.05, 4.69) is 28.5 Å². The average Bonchev–Trinajstić information content (AvgIpc) is 3.40. The summed E-state index contributed by atoms with van der Waals surface area (Å²) in [4.78, 5) is 23.4. The SMILES string of the molecule is Cn1cc(Cc2ccc3c(c2)NC(=O)N[C@H]3C#CC2CC2)ccc1=O. The number of urea groups is 1. The van der Waals surface area contributed by atoms with Gasteiger partial charge < -0.3 is 15.2 Å². The third kappa shape index (κ3) is 3.43. The fourth-order valence-electron chi connectivity index (χ4n) is 2.97. The first kappa shape index (κ1) is 15.5. The third-order valence-electron chi connectivity index (χ3n) is 4.52. The van der Waals surface area contributed by atoms with Gasteiger partial charge in [0.2, 0.25) is 5.56 Å². The van der Waals surface area contributed by atoms with Crippen molar-refractivity contribution in [3.05, 3.63) is 63.6 Å². The van der Waals surface area contributed by atoms with Gasteiger partial charge in [-0.05, 0) is 36.5 Å². The van der Waals surface area contributed by atoms with E-state index >= 15 is 0 Å². The smallest absolute Gasteiger partial charge is 0.320 e. The Morgan fingerprint density at radius 2 is 1.92 bits per heavy atom. The Hall–Kier alpha value is -3.00. The summed E-state index contributed by atoms with van der Waals surface area (Å²) in [5.74, 6) is 6.92. The van der Waals surface area contributed by atoms with Crippen molar-refractivity contribution in [2.75, 3.05) is 5.32 Å². The lowest BCUT2D eigenvalue weighted by atomic mass is 9.98. The largest absolute Gasteiger partial charge is 0.320 e. The summed E-state index contributed by atoms with van der Waals surface area (Å²) >= 11 is 0. The molecule has 0 bridgehead atoms. The number of anilines is 1. The molecule has 2 aromatic rings. The van der Waals surface area contributed by atoms with Crippen LogP contribution in [0.15, 0.2) is 41.3 Å². The molecule has 1 aliphatic heterocycles. The van der Waals surface area contributed by atoms with Gasteiger partial charge in [-0.1, -0.05) is 30.0 Å². The second-order valence-corrected chi connectivity index (χ2v) is 6.68. The van der Waals surface area contributed by atoms with Crippen molar-refractivity contribution in [1.29, 1.82) is 0 Å². The van der Waals surface area contributed by atoms with Crippen LogP contribution in [-0.4, -0.2) is 10.6 Å². The lowest BCUT2D eigenvalue weighted by molar-refractivity contribution is 0.249.